The average molecular weight is 271 g/mol. The third-order valence-electron chi connectivity index (χ3n) is 2.79. The zero-order chi connectivity index (χ0) is 13.8. The Labute approximate surface area is 109 Å². The van der Waals surface area contributed by atoms with Crippen molar-refractivity contribution < 1.29 is 8.42 Å². The molecule has 102 valence electrons. The maximum atomic E-state index is 11.9. The molecule has 0 unspecified atom stereocenters. The number of benzene rings is 1. The number of nitrogens with zero attached hydrogens (tertiary/aromatic N) is 1. The molecule has 0 bridgehead atoms. The van der Waals surface area contributed by atoms with Gasteiger partial charge in [-0.1, -0.05) is 24.3 Å². The molecule has 0 aliphatic carbocycles. The summed E-state index contributed by atoms with van der Waals surface area (Å²) in [5.41, 5.74) is 7.43. The normalized spacial score (nSPS) is 12.3. The fourth-order valence-corrected chi connectivity index (χ4v) is 2.53. The number of hydrogen-bond acceptors (Lipinski definition) is 3. The lowest BCUT2D eigenvalue weighted by Gasteiger charge is -2.21. The predicted octanol–water partition coefficient (Wildman–Crippen LogP) is 0.820. The van der Waals surface area contributed by atoms with Gasteiger partial charge >= 0.3 is 0 Å². The molecule has 0 heterocycles. The Morgan fingerprint density at radius 2 is 1.94 bits per heavy atom. The van der Waals surface area contributed by atoms with Crippen LogP contribution in [0.5, 0.6) is 0 Å². The quantitative estimate of drug-likeness (QED) is 0.804. The van der Waals surface area contributed by atoms with Crippen LogP contribution < -0.4 is 10.5 Å². The van der Waals surface area contributed by atoms with Gasteiger partial charge < -0.3 is 5.73 Å². The van der Waals surface area contributed by atoms with E-state index in [0.717, 1.165) is 11.1 Å². The SMILES string of the molecule is CC(C)N(C)S(=O)(=O)NCc1cccc(CN)c1. The molecule has 3 N–H and O–H groups in total. The third kappa shape index (κ3) is 4.06. The van der Waals surface area contributed by atoms with E-state index in [1.807, 2.05) is 38.1 Å². The van der Waals surface area contributed by atoms with Crippen LogP contribution in [-0.4, -0.2) is 25.8 Å². The van der Waals surface area contributed by atoms with E-state index in [0.29, 0.717) is 6.54 Å². The van der Waals surface area contributed by atoms with Crippen LogP contribution in [0.2, 0.25) is 0 Å². The molecule has 1 aromatic rings. The van der Waals surface area contributed by atoms with E-state index in [4.69, 9.17) is 5.73 Å². The lowest BCUT2D eigenvalue weighted by molar-refractivity contribution is 0.402. The van der Waals surface area contributed by atoms with E-state index in [9.17, 15) is 8.42 Å². The predicted molar refractivity (Wildman–Crippen MR) is 73.0 cm³/mol. The molecule has 0 spiro atoms. The smallest absolute Gasteiger partial charge is 0.279 e. The van der Waals surface area contributed by atoms with Gasteiger partial charge in [-0.3, -0.25) is 0 Å². The van der Waals surface area contributed by atoms with E-state index in [1.165, 1.54) is 4.31 Å². The van der Waals surface area contributed by atoms with Crippen molar-refractivity contribution in [2.75, 3.05) is 7.05 Å². The maximum Gasteiger partial charge on any atom is 0.279 e. The first-order valence-corrected chi connectivity index (χ1v) is 7.31. The van der Waals surface area contributed by atoms with Gasteiger partial charge in [-0.05, 0) is 25.0 Å². The Kier molecular flexibility index (Phi) is 5.28. The fourth-order valence-electron chi connectivity index (χ4n) is 1.42. The maximum absolute atomic E-state index is 11.9. The largest absolute Gasteiger partial charge is 0.326 e. The van der Waals surface area contributed by atoms with Crippen LogP contribution in [0.4, 0.5) is 0 Å². The first kappa shape index (κ1) is 15.1. The Balaban J connectivity index is 2.70. The van der Waals surface area contributed by atoms with Crippen molar-refractivity contribution in [3.8, 4) is 0 Å². The van der Waals surface area contributed by atoms with Gasteiger partial charge in [0.25, 0.3) is 10.2 Å². The van der Waals surface area contributed by atoms with Crippen molar-refractivity contribution in [2.24, 2.45) is 5.73 Å². The average Bonchev–Trinajstić information content (AvgIpc) is 2.35. The van der Waals surface area contributed by atoms with Gasteiger partial charge in [0.15, 0.2) is 0 Å². The summed E-state index contributed by atoms with van der Waals surface area (Å²) < 4.78 is 27.7. The van der Waals surface area contributed by atoms with E-state index in [2.05, 4.69) is 4.72 Å². The monoisotopic (exact) mass is 271 g/mol. The van der Waals surface area contributed by atoms with Crippen LogP contribution >= 0.6 is 0 Å². The molecular formula is C12H21N3O2S. The highest BCUT2D eigenvalue weighted by Gasteiger charge is 2.19. The third-order valence-corrected chi connectivity index (χ3v) is 4.48. The van der Waals surface area contributed by atoms with Gasteiger partial charge in [-0.2, -0.15) is 17.4 Å². The molecule has 5 nitrogen and oxygen atoms in total. The molecule has 1 rings (SSSR count). The van der Waals surface area contributed by atoms with Crippen molar-refractivity contribution in [1.29, 1.82) is 0 Å². The number of nitrogens with one attached hydrogen (secondary N) is 1. The first-order valence-electron chi connectivity index (χ1n) is 5.87. The number of hydrogen-bond donors (Lipinski definition) is 2. The Morgan fingerprint density at radius 3 is 2.50 bits per heavy atom. The van der Waals surface area contributed by atoms with Crippen LogP contribution in [0.15, 0.2) is 24.3 Å². The lowest BCUT2D eigenvalue weighted by atomic mass is 10.1. The number of rotatable bonds is 6. The van der Waals surface area contributed by atoms with Gasteiger partial charge in [0, 0.05) is 26.2 Å². The van der Waals surface area contributed by atoms with Crippen LogP contribution in [0.3, 0.4) is 0 Å². The minimum absolute atomic E-state index is 0.0714. The van der Waals surface area contributed by atoms with E-state index in [1.54, 1.807) is 7.05 Å². The van der Waals surface area contributed by atoms with E-state index >= 15 is 0 Å². The molecule has 0 aliphatic heterocycles. The number of nitrogens with two attached hydrogens (primary N) is 1. The second-order valence-corrected chi connectivity index (χ2v) is 6.27. The Bertz CT molecular complexity index is 486. The molecule has 1 aromatic carbocycles. The van der Waals surface area contributed by atoms with Crippen molar-refractivity contribution in [3.63, 3.8) is 0 Å². The minimum Gasteiger partial charge on any atom is -0.326 e. The zero-order valence-corrected chi connectivity index (χ0v) is 11.9. The summed E-state index contributed by atoms with van der Waals surface area (Å²) in [6.45, 7) is 4.38. The highest BCUT2D eigenvalue weighted by Crippen LogP contribution is 2.06. The molecule has 0 atom stereocenters. The second-order valence-electron chi connectivity index (χ2n) is 4.46. The van der Waals surface area contributed by atoms with E-state index in [-0.39, 0.29) is 12.6 Å². The first-order chi connectivity index (χ1) is 8.36. The fraction of sp³-hybridized carbons (Fsp3) is 0.500. The van der Waals surface area contributed by atoms with Gasteiger partial charge in [0.2, 0.25) is 0 Å². The molecule has 0 radical (unpaired) electrons. The van der Waals surface area contributed by atoms with Crippen LogP contribution in [0.25, 0.3) is 0 Å². The van der Waals surface area contributed by atoms with Gasteiger partial charge in [0.05, 0.1) is 0 Å². The summed E-state index contributed by atoms with van der Waals surface area (Å²) in [6, 6.07) is 7.49. The zero-order valence-electron chi connectivity index (χ0n) is 11.1. The summed E-state index contributed by atoms with van der Waals surface area (Å²) in [4.78, 5) is 0. The topological polar surface area (TPSA) is 75.4 Å². The van der Waals surface area contributed by atoms with Crippen molar-refractivity contribution in [2.45, 2.75) is 33.0 Å². The Hall–Kier alpha value is -0.950. The molecule has 0 aromatic heterocycles. The molecule has 6 heteroatoms. The molecule has 0 saturated heterocycles. The molecule has 0 saturated carbocycles. The summed E-state index contributed by atoms with van der Waals surface area (Å²) in [6.07, 6.45) is 0. The summed E-state index contributed by atoms with van der Waals surface area (Å²) in [5.74, 6) is 0. The summed E-state index contributed by atoms with van der Waals surface area (Å²) in [5, 5.41) is 0. The lowest BCUT2D eigenvalue weighted by Crippen LogP contribution is -2.41. The standard InChI is InChI=1S/C12H21N3O2S/c1-10(2)15(3)18(16,17)14-9-12-6-4-5-11(7-12)8-13/h4-7,10,14H,8-9,13H2,1-3H3. The highest BCUT2D eigenvalue weighted by atomic mass is 32.2. The van der Waals surface area contributed by atoms with Crippen LogP contribution in [0, 0.1) is 0 Å². The molecule has 0 aliphatic rings. The van der Waals surface area contributed by atoms with Crippen LogP contribution in [0.1, 0.15) is 25.0 Å². The van der Waals surface area contributed by atoms with Gasteiger partial charge in [-0.15, -0.1) is 0 Å². The second kappa shape index (κ2) is 6.29. The van der Waals surface area contributed by atoms with Gasteiger partial charge in [0.1, 0.15) is 0 Å². The molecule has 0 amide bonds. The van der Waals surface area contributed by atoms with Crippen LogP contribution in [-0.2, 0) is 23.3 Å². The van der Waals surface area contributed by atoms with Gasteiger partial charge in [-0.25, -0.2) is 0 Å². The van der Waals surface area contributed by atoms with E-state index < -0.39 is 10.2 Å². The van der Waals surface area contributed by atoms with Crippen molar-refractivity contribution in [1.82, 2.24) is 9.03 Å². The molecule has 18 heavy (non-hydrogen) atoms. The highest BCUT2D eigenvalue weighted by molar-refractivity contribution is 7.87. The summed E-state index contributed by atoms with van der Waals surface area (Å²) in [7, 11) is -1.87. The minimum atomic E-state index is -3.43. The van der Waals surface area contributed by atoms with Crippen molar-refractivity contribution in [3.05, 3.63) is 35.4 Å². The molecular weight excluding hydrogens is 250 g/mol. The summed E-state index contributed by atoms with van der Waals surface area (Å²) >= 11 is 0. The Morgan fingerprint density at radius 1 is 1.33 bits per heavy atom. The molecule has 0 fully saturated rings. The van der Waals surface area contributed by atoms with Crippen molar-refractivity contribution >= 4 is 10.2 Å².